The van der Waals surface area contributed by atoms with E-state index in [1.807, 2.05) is 13.0 Å². The Morgan fingerprint density at radius 2 is 2.20 bits per heavy atom. The van der Waals surface area contributed by atoms with Gasteiger partial charge in [-0.1, -0.05) is 19.1 Å². The second-order valence-corrected chi connectivity index (χ2v) is 5.35. The van der Waals surface area contributed by atoms with Crippen LogP contribution in [0.2, 0.25) is 0 Å². The summed E-state index contributed by atoms with van der Waals surface area (Å²) in [6.45, 7) is 7.78. The van der Waals surface area contributed by atoms with Crippen LogP contribution in [-0.4, -0.2) is 35.5 Å². The van der Waals surface area contributed by atoms with Crippen LogP contribution in [0.15, 0.2) is 18.2 Å². The third-order valence-corrected chi connectivity index (χ3v) is 3.97. The topological polar surface area (TPSA) is 58.4 Å². The summed E-state index contributed by atoms with van der Waals surface area (Å²) >= 11 is 0. The number of nitro groups is 1. The summed E-state index contributed by atoms with van der Waals surface area (Å²) in [7, 11) is 0. The zero-order valence-electron chi connectivity index (χ0n) is 12.3. The van der Waals surface area contributed by atoms with Crippen molar-refractivity contribution in [2.24, 2.45) is 0 Å². The molecule has 5 nitrogen and oxygen atoms in total. The Bertz CT molecular complexity index is 472. The van der Waals surface area contributed by atoms with E-state index in [9.17, 15) is 10.1 Å². The van der Waals surface area contributed by atoms with Crippen LogP contribution in [0.3, 0.4) is 0 Å². The number of rotatable bonds is 8. The lowest BCUT2D eigenvalue weighted by atomic mass is 10.1. The van der Waals surface area contributed by atoms with Gasteiger partial charge in [-0.15, -0.1) is 0 Å². The van der Waals surface area contributed by atoms with Gasteiger partial charge >= 0.3 is 0 Å². The lowest BCUT2D eigenvalue weighted by molar-refractivity contribution is -0.385. The minimum Gasteiger partial charge on any atom is -0.311 e. The van der Waals surface area contributed by atoms with Crippen LogP contribution in [0, 0.1) is 17.0 Å². The molecule has 1 N–H and O–H groups in total. The lowest BCUT2D eigenvalue weighted by Crippen LogP contribution is -2.33. The molecular weight excluding hydrogens is 254 g/mol. The Kier molecular flexibility index (Phi) is 5.09. The predicted molar refractivity (Wildman–Crippen MR) is 79.8 cm³/mol. The molecule has 0 amide bonds. The molecule has 0 unspecified atom stereocenters. The highest BCUT2D eigenvalue weighted by Gasteiger charge is 2.27. The zero-order chi connectivity index (χ0) is 14.5. The normalized spacial score (nSPS) is 14.8. The van der Waals surface area contributed by atoms with Gasteiger partial charge in [0.25, 0.3) is 5.69 Å². The van der Waals surface area contributed by atoms with Crippen LogP contribution in [0.5, 0.6) is 0 Å². The van der Waals surface area contributed by atoms with Gasteiger partial charge < -0.3 is 5.32 Å². The van der Waals surface area contributed by atoms with Gasteiger partial charge in [0.15, 0.2) is 0 Å². The third-order valence-electron chi connectivity index (χ3n) is 3.97. The minimum absolute atomic E-state index is 0.206. The van der Waals surface area contributed by atoms with Crippen LogP contribution >= 0.6 is 0 Å². The molecule has 0 heterocycles. The number of nitrogens with zero attached hydrogens (tertiary/aromatic N) is 2. The van der Waals surface area contributed by atoms with Crippen LogP contribution in [0.25, 0.3) is 0 Å². The third kappa shape index (κ3) is 3.77. The number of hydrogen-bond acceptors (Lipinski definition) is 4. The second-order valence-electron chi connectivity index (χ2n) is 5.35. The summed E-state index contributed by atoms with van der Waals surface area (Å²) in [6.07, 6.45) is 2.66. The summed E-state index contributed by atoms with van der Waals surface area (Å²) in [5, 5.41) is 14.3. The van der Waals surface area contributed by atoms with E-state index in [2.05, 4.69) is 17.1 Å². The monoisotopic (exact) mass is 277 g/mol. The van der Waals surface area contributed by atoms with Gasteiger partial charge in [0.1, 0.15) is 0 Å². The van der Waals surface area contributed by atoms with E-state index in [0.717, 1.165) is 36.8 Å². The Morgan fingerprint density at radius 3 is 2.80 bits per heavy atom. The second kappa shape index (κ2) is 6.81. The van der Waals surface area contributed by atoms with E-state index in [1.54, 1.807) is 12.1 Å². The van der Waals surface area contributed by atoms with E-state index in [0.29, 0.717) is 6.54 Å². The van der Waals surface area contributed by atoms with Crippen molar-refractivity contribution in [3.05, 3.63) is 39.4 Å². The number of hydrogen-bond donors (Lipinski definition) is 1. The maximum absolute atomic E-state index is 10.9. The highest BCUT2D eigenvalue weighted by atomic mass is 16.6. The Labute approximate surface area is 120 Å². The fourth-order valence-electron chi connectivity index (χ4n) is 2.54. The van der Waals surface area contributed by atoms with Gasteiger partial charge in [0, 0.05) is 37.3 Å². The van der Waals surface area contributed by atoms with Gasteiger partial charge in [0.2, 0.25) is 0 Å². The highest BCUT2D eigenvalue weighted by Crippen LogP contribution is 2.26. The molecule has 1 aromatic carbocycles. The molecule has 1 fully saturated rings. The SMILES string of the molecule is CCN(CCNCc1cccc([N+](=O)[O-])c1C)C1CC1. The molecule has 0 aromatic heterocycles. The standard InChI is InChI=1S/C15H23N3O2/c1-3-17(14-7-8-14)10-9-16-11-13-5-4-6-15(12(13)2)18(19)20/h4-6,14,16H,3,7-11H2,1-2H3. The number of likely N-dealkylation sites (N-methyl/N-ethyl adjacent to an activating group) is 1. The summed E-state index contributed by atoms with van der Waals surface area (Å²) in [5.41, 5.74) is 1.98. The van der Waals surface area contributed by atoms with Gasteiger partial charge in [-0.3, -0.25) is 15.0 Å². The van der Waals surface area contributed by atoms with Gasteiger partial charge in [-0.25, -0.2) is 0 Å². The fraction of sp³-hybridized carbons (Fsp3) is 0.600. The van der Waals surface area contributed by atoms with E-state index >= 15 is 0 Å². The largest absolute Gasteiger partial charge is 0.311 e. The first-order valence-electron chi connectivity index (χ1n) is 7.31. The molecule has 0 saturated heterocycles. The van der Waals surface area contributed by atoms with Crippen LogP contribution < -0.4 is 5.32 Å². The molecule has 0 radical (unpaired) electrons. The van der Waals surface area contributed by atoms with Crippen molar-refractivity contribution in [2.75, 3.05) is 19.6 Å². The molecule has 5 heteroatoms. The summed E-state index contributed by atoms with van der Waals surface area (Å²) in [4.78, 5) is 13.1. The molecule has 1 saturated carbocycles. The van der Waals surface area contributed by atoms with Gasteiger partial charge in [-0.05, 0) is 31.9 Å². The smallest absolute Gasteiger partial charge is 0.272 e. The molecule has 1 aliphatic rings. The molecule has 0 spiro atoms. The average Bonchev–Trinajstić information content (AvgIpc) is 3.24. The van der Waals surface area contributed by atoms with Crippen molar-refractivity contribution in [3.63, 3.8) is 0 Å². The van der Waals surface area contributed by atoms with Crippen molar-refractivity contribution >= 4 is 5.69 Å². The van der Waals surface area contributed by atoms with E-state index in [4.69, 9.17) is 0 Å². The molecule has 1 aromatic rings. The van der Waals surface area contributed by atoms with Crippen molar-refractivity contribution in [3.8, 4) is 0 Å². The first kappa shape index (κ1) is 14.9. The van der Waals surface area contributed by atoms with E-state index < -0.39 is 0 Å². The number of benzene rings is 1. The molecule has 2 rings (SSSR count). The zero-order valence-corrected chi connectivity index (χ0v) is 12.3. The molecule has 1 aliphatic carbocycles. The Balaban J connectivity index is 1.82. The first-order valence-corrected chi connectivity index (χ1v) is 7.31. The van der Waals surface area contributed by atoms with E-state index in [1.165, 1.54) is 12.8 Å². The Morgan fingerprint density at radius 1 is 1.45 bits per heavy atom. The molecule has 20 heavy (non-hydrogen) atoms. The first-order chi connectivity index (χ1) is 9.63. The summed E-state index contributed by atoms with van der Waals surface area (Å²) in [6, 6.07) is 6.06. The Hall–Kier alpha value is -1.46. The van der Waals surface area contributed by atoms with Crippen molar-refractivity contribution in [1.29, 1.82) is 0 Å². The van der Waals surface area contributed by atoms with Crippen LogP contribution in [-0.2, 0) is 6.54 Å². The summed E-state index contributed by atoms with van der Waals surface area (Å²) in [5.74, 6) is 0. The molecular formula is C15H23N3O2. The van der Waals surface area contributed by atoms with E-state index in [-0.39, 0.29) is 10.6 Å². The lowest BCUT2D eigenvalue weighted by Gasteiger charge is -2.19. The maximum atomic E-state index is 10.9. The van der Waals surface area contributed by atoms with Crippen molar-refractivity contribution in [2.45, 2.75) is 39.3 Å². The average molecular weight is 277 g/mol. The predicted octanol–water partition coefficient (Wildman–Crippen LogP) is 2.48. The fourth-order valence-corrected chi connectivity index (χ4v) is 2.54. The number of nitrogens with one attached hydrogen (secondary N) is 1. The maximum Gasteiger partial charge on any atom is 0.272 e. The van der Waals surface area contributed by atoms with Gasteiger partial charge in [0.05, 0.1) is 4.92 Å². The van der Waals surface area contributed by atoms with Crippen LogP contribution in [0.1, 0.15) is 30.9 Å². The molecule has 0 bridgehead atoms. The quantitative estimate of drug-likeness (QED) is 0.450. The van der Waals surface area contributed by atoms with Crippen molar-refractivity contribution < 1.29 is 4.92 Å². The highest BCUT2D eigenvalue weighted by molar-refractivity contribution is 5.44. The number of nitro benzene ring substituents is 1. The molecule has 110 valence electrons. The van der Waals surface area contributed by atoms with Gasteiger partial charge in [-0.2, -0.15) is 0 Å². The van der Waals surface area contributed by atoms with Crippen molar-refractivity contribution in [1.82, 2.24) is 10.2 Å². The summed E-state index contributed by atoms with van der Waals surface area (Å²) < 4.78 is 0. The molecule has 0 atom stereocenters. The molecule has 0 aliphatic heterocycles. The van der Waals surface area contributed by atoms with Crippen LogP contribution in [0.4, 0.5) is 5.69 Å². The minimum atomic E-state index is -0.315.